The van der Waals surface area contributed by atoms with Gasteiger partial charge in [-0.15, -0.1) is 35.9 Å². The fraction of sp³-hybridized carbons (Fsp3) is 0.364. The molecule has 2 atom stereocenters. The summed E-state index contributed by atoms with van der Waals surface area (Å²) < 4.78 is 7.28. The van der Waals surface area contributed by atoms with Gasteiger partial charge in [0.05, 0.1) is 17.5 Å². The highest BCUT2D eigenvalue weighted by atomic mass is 79.9. The van der Waals surface area contributed by atoms with Gasteiger partial charge >= 0.3 is 0 Å². The first-order chi connectivity index (χ1) is 13.0. The zero-order valence-electron chi connectivity index (χ0n) is 16.3. The van der Waals surface area contributed by atoms with Crippen LogP contribution in [0.5, 0.6) is 0 Å². The van der Waals surface area contributed by atoms with Crippen LogP contribution in [-0.2, 0) is 4.74 Å². The van der Waals surface area contributed by atoms with Gasteiger partial charge in [0.2, 0.25) is 0 Å². The SMILES string of the molecule is CC(CN(C)C)OCC1=CC=C2C=CC3=CSC=C(Br)C3=C3C=CCC23S1.Cl. The number of allylic oxidation sites excluding steroid dienone is 9. The molecule has 2 aliphatic carbocycles. The first-order valence-corrected chi connectivity index (χ1v) is 11.7. The minimum absolute atomic E-state index is 0. The van der Waals surface area contributed by atoms with Crippen LogP contribution in [0.3, 0.4) is 0 Å². The van der Waals surface area contributed by atoms with Crippen LogP contribution in [0.1, 0.15) is 13.3 Å². The summed E-state index contributed by atoms with van der Waals surface area (Å²) in [5, 5.41) is 4.43. The maximum absolute atomic E-state index is 6.13. The molecule has 0 radical (unpaired) electrons. The first kappa shape index (κ1) is 22.3. The Hall–Kier alpha value is -0.430. The van der Waals surface area contributed by atoms with Gasteiger partial charge in [0.1, 0.15) is 0 Å². The van der Waals surface area contributed by atoms with E-state index in [1.165, 1.54) is 31.7 Å². The van der Waals surface area contributed by atoms with Gasteiger partial charge < -0.3 is 9.64 Å². The number of halogens is 2. The van der Waals surface area contributed by atoms with E-state index in [0.717, 1.165) is 13.0 Å². The quantitative estimate of drug-likeness (QED) is 0.437. The van der Waals surface area contributed by atoms with Gasteiger partial charge in [-0.1, -0.05) is 30.4 Å². The van der Waals surface area contributed by atoms with Crippen LogP contribution in [0.4, 0.5) is 0 Å². The molecule has 0 bridgehead atoms. The van der Waals surface area contributed by atoms with Gasteiger partial charge in [0, 0.05) is 21.5 Å². The lowest BCUT2D eigenvalue weighted by Gasteiger charge is -2.36. The molecule has 2 aliphatic heterocycles. The number of likely N-dealkylation sites (N-methyl/N-ethyl adjacent to an activating group) is 1. The molecule has 0 saturated carbocycles. The summed E-state index contributed by atoms with van der Waals surface area (Å²) in [6.45, 7) is 3.76. The van der Waals surface area contributed by atoms with Crippen LogP contribution in [0.15, 0.2) is 79.0 Å². The molecular formula is C22H25BrClNOS2. The Morgan fingerprint density at radius 3 is 2.82 bits per heavy atom. The van der Waals surface area contributed by atoms with Crippen molar-refractivity contribution < 1.29 is 4.74 Å². The summed E-state index contributed by atoms with van der Waals surface area (Å²) in [6, 6.07) is 0. The van der Waals surface area contributed by atoms with Crippen molar-refractivity contribution in [2.75, 3.05) is 27.2 Å². The Balaban J connectivity index is 0.00000225. The smallest absolute Gasteiger partial charge is 0.0780 e. The summed E-state index contributed by atoms with van der Waals surface area (Å²) in [5.41, 5.74) is 5.41. The molecule has 1 spiro atoms. The van der Waals surface area contributed by atoms with E-state index in [1.807, 2.05) is 11.8 Å². The Morgan fingerprint density at radius 1 is 1.21 bits per heavy atom. The van der Waals surface area contributed by atoms with E-state index >= 15 is 0 Å². The summed E-state index contributed by atoms with van der Waals surface area (Å²) in [4.78, 5) is 3.47. The van der Waals surface area contributed by atoms with E-state index in [2.05, 4.69) is 89.1 Å². The monoisotopic (exact) mass is 497 g/mol. The lowest BCUT2D eigenvalue weighted by atomic mass is 9.88. The van der Waals surface area contributed by atoms with E-state index in [4.69, 9.17) is 4.74 Å². The topological polar surface area (TPSA) is 12.5 Å². The van der Waals surface area contributed by atoms with Gasteiger partial charge in [-0.25, -0.2) is 0 Å². The van der Waals surface area contributed by atoms with E-state index in [1.54, 1.807) is 11.8 Å². The molecule has 0 N–H and O–H groups in total. The molecule has 0 aromatic carbocycles. The van der Waals surface area contributed by atoms with Crippen molar-refractivity contribution >= 4 is 51.9 Å². The number of hydrogen-bond donors (Lipinski definition) is 0. The zero-order valence-corrected chi connectivity index (χ0v) is 20.3. The molecule has 2 unspecified atom stereocenters. The Kier molecular flexibility index (Phi) is 7.28. The fourth-order valence-corrected chi connectivity index (χ4v) is 6.78. The van der Waals surface area contributed by atoms with Crippen LogP contribution in [0, 0.1) is 0 Å². The average molecular weight is 499 g/mol. The Labute approximate surface area is 191 Å². The number of thioether (sulfide) groups is 2. The summed E-state index contributed by atoms with van der Waals surface area (Å²) >= 11 is 7.51. The molecule has 4 rings (SSSR count). The minimum Gasteiger partial charge on any atom is -0.372 e. The fourth-order valence-electron chi connectivity index (χ4n) is 3.94. The zero-order chi connectivity index (χ0) is 19.0. The van der Waals surface area contributed by atoms with Gasteiger partial charge in [-0.05, 0) is 77.0 Å². The number of rotatable bonds is 5. The predicted octanol–water partition coefficient (Wildman–Crippen LogP) is 6.36. The van der Waals surface area contributed by atoms with Crippen molar-refractivity contribution in [1.82, 2.24) is 4.90 Å². The predicted molar refractivity (Wildman–Crippen MR) is 130 cm³/mol. The van der Waals surface area contributed by atoms with Crippen molar-refractivity contribution in [3.8, 4) is 0 Å². The molecule has 150 valence electrons. The lowest BCUT2D eigenvalue weighted by molar-refractivity contribution is 0.0661. The van der Waals surface area contributed by atoms with Crippen molar-refractivity contribution in [1.29, 1.82) is 0 Å². The third-order valence-corrected chi connectivity index (χ3v) is 8.26. The highest BCUT2D eigenvalue weighted by Gasteiger charge is 2.44. The van der Waals surface area contributed by atoms with E-state index < -0.39 is 0 Å². The summed E-state index contributed by atoms with van der Waals surface area (Å²) in [5.74, 6) is 0. The molecule has 28 heavy (non-hydrogen) atoms. The molecule has 4 aliphatic rings. The van der Waals surface area contributed by atoms with Crippen LogP contribution < -0.4 is 0 Å². The van der Waals surface area contributed by atoms with E-state index in [-0.39, 0.29) is 23.3 Å². The third kappa shape index (κ3) is 4.21. The normalized spacial score (nSPS) is 26.3. The first-order valence-electron chi connectivity index (χ1n) is 9.18. The van der Waals surface area contributed by atoms with Crippen molar-refractivity contribution in [3.63, 3.8) is 0 Å². The van der Waals surface area contributed by atoms with Gasteiger partial charge in [0.25, 0.3) is 0 Å². The van der Waals surface area contributed by atoms with Gasteiger partial charge in [-0.3, -0.25) is 0 Å². The van der Waals surface area contributed by atoms with Crippen molar-refractivity contribution in [2.24, 2.45) is 0 Å². The second-order valence-electron chi connectivity index (χ2n) is 7.47. The standard InChI is InChI=1S/C22H24BrNOS2.ClH/c1-15(11-24(2)3)25-12-18-9-8-17-7-6-16-13-26-14-20(23)21(16)19-5-4-10-22(17,19)27-18;/h4-9,13-15H,10-12H2,1-3H3;1H. The van der Waals surface area contributed by atoms with E-state index in [0.29, 0.717) is 6.61 Å². The third-order valence-electron chi connectivity index (χ3n) is 5.08. The molecule has 2 heterocycles. The van der Waals surface area contributed by atoms with Crippen molar-refractivity contribution in [3.05, 3.63) is 79.0 Å². The largest absolute Gasteiger partial charge is 0.372 e. The highest BCUT2D eigenvalue weighted by molar-refractivity contribution is 9.12. The molecule has 0 aromatic heterocycles. The number of ether oxygens (including phenoxy) is 1. The lowest BCUT2D eigenvalue weighted by Crippen LogP contribution is -2.30. The Morgan fingerprint density at radius 2 is 2.04 bits per heavy atom. The van der Waals surface area contributed by atoms with Crippen LogP contribution in [0.25, 0.3) is 0 Å². The highest BCUT2D eigenvalue weighted by Crippen LogP contribution is 2.57. The average Bonchev–Trinajstić information content (AvgIpc) is 2.96. The molecule has 0 aromatic rings. The molecule has 0 amide bonds. The van der Waals surface area contributed by atoms with Crippen LogP contribution >= 0.6 is 51.9 Å². The number of fused-ring (bicyclic) bond motifs is 1. The Bertz CT molecular complexity index is 866. The van der Waals surface area contributed by atoms with Gasteiger partial charge in [-0.2, -0.15) is 0 Å². The maximum Gasteiger partial charge on any atom is 0.0780 e. The van der Waals surface area contributed by atoms with Crippen LogP contribution in [-0.4, -0.2) is 43.0 Å². The molecule has 0 fully saturated rings. The second-order valence-corrected chi connectivity index (χ2v) is 10.5. The number of hydrogen-bond acceptors (Lipinski definition) is 4. The summed E-state index contributed by atoms with van der Waals surface area (Å²) in [7, 11) is 4.17. The summed E-state index contributed by atoms with van der Waals surface area (Å²) in [6.07, 6.45) is 15.0. The molecular weight excluding hydrogens is 474 g/mol. The number of nitrogens with zero attached hydrogens (tertiary/aromatic N) is 1. The minimum atomic E-state index is -0.0332. The van der Waals surface area contributed by atoms with Crippen molar-refractivity contribution in [2.45, 2.75) is 24.2 Å². The van der Waals surface area contributed by atoms with Crippen LogP contribution in [0.2, 0.25) is 0 Å². The second kappa shape index (κ2) is 9.15. The molecule has 6 heteroatoms. The van der Waals surface area contributed by atoms with Gasteiger partial charge in [0.15, 0.2) is 0 Å². The molecule has 0 saturated heterocycles. The molecule has 2 nitrogen and oxygen atoms in total. The van der Waals surface area contributed by atoms with E-state index in [9.17, 15) is 0 Å². The maximum atomic E-state index is 6.13.